The highest BCUT2D eigenvalue weighted by Crippen LogP contribution is 2.29. The molecule has 8 heteroatoms. The summed E-state index contributed by atoms with van der Waals surface area (Å²) >= 11 is 5.87. The van der Waals surface area contributed by atoms with E-state index in [1.807, 2.05) is 30.3 Å². The third kappa shape index (κ3) is 4.84. The Morgan fingerprint density at radius 2 is 1.93 bits per heavy atom. The van der Waals surface area contributed by atoms with E-state index in [-0.39, 0.29) is 17.4 Å². The minimum atomic E-state index is -3.24. The van der Waals surface area contributed by atoms with Gasteiger partial charge in [0.15, 0.2) is 0 Å². The summed E-state index contributed by atoms with van der Waals surface area (Å²) in [5.74, 6) is 0.704. The van der Waals surface area contributed by atoms with Gasteiger partial charge in [0.05, 0.1) is 22.0 Å². The number of aromatic nitrogens is 1. The molecule has 1 aliphatic carbocycles. The number of hydrogen-bond acceptors (Lipinski definition) is 5. The van der Waals surface area contributed by atoms with Gasteiger partial charge in [-0.25, -0.2) is 13.1 Å². The van der Waals surface area contributed by atoms with Crippen LogP contribution in [0.3, 0.4) is 0 Å². The summed E-state index contributed by atoms with van der Waals surface area (Å²) in [6.07, 6.45) is 4.43. The molecule has 0 amide bonds. The number of halogens is 1. The van der Waals surface area contributed by atoms with Gasteiger partial charge in [-0.05, 0) is 62.1 Å². The molecular formula is C20H23ClN2O4S. The van der Waals surface area contributed by atoms with Crippen LogP contribution in [-0.4, -0.2) is 44.0 Å². The van der Waals surface area contributed by atoms with Crippen molar-refractivity contribution in [2.24, 2.45) is 0 Å². The van der Waals surface area contributed by atoms with Crippen LogP contribution in [0.25, 0.3) is 11.3 Å². The third-order valence-electron chi connectivity index (χ3n) is 5.01. The molecule has 1 saturated heterocycles. The summed E-state index contributed by atoms with van der Waals surface area (Å²) in [5.41, 5.74) is 1.80. The van der Waals surface area contributed by atoms with E-state index in [1.54, 1.807) is 12.3 Å². The first kappa shape index (κ1) is 19.6. The van der Waals surface area contributed by atoms with Gasteiger partial charge in [0.2, 0.25) is 10.0 Å². The van der Waals surface area contributed by atoms with E-state index in [0.717, 1.165) is 36.9 Å². The molecule has 2 unspecified atom stereocenters. The Hall–Kier alpha value is -1.67. The zero-order chi connectivity index (χ0) is 19.6. The van der Waals surface area contributed by atoms with Crippen LogP contribution in [0.1, 0.15) is 25.7 Å². The van der Waals surface area contributed by atoms with Crippen molar-refractivity contribution < 1.29 is 17.9 Å². The van der Waals surface area contributed by atoms with Gasteiger partial charge in [0.25, 0.3) is 0 Å². The molecular weight excluding hydrogens is 400 g/mol. The number of rotatable bonds is 7. The molecule has 1 aromatic heterocycles. The lowest BCUT2D eigenvalue weighted by Gasteiger charge is -2.32. The molecule has 0 bridgehead atoms. The number of nitrogens with one attached hydrogen (secondary N) is 1. The first-order chi connectivity index (χ1) is 13.5. The molecule has 1 saturated carbocycles. The van der Waals surface area contributed by atoms with Crippen LogP contribution in [0.15, 0.2) is 42.6 Å². The van der Waals surface area contributed by atoms with Crippen LogP contribution >= 0.6 is 11.6 Å². The number of hydrogen-bond donors (Lipinski definition) is 1. The molecule has 4 rings (SSSR count). The highest BCUT2D eigenvalue weighted by molar-refractivity contribution is 7.90. The number of benzene rings is 1. The quantitative estimate of drug-likeness (QED) is 0.739. The van der Waals surface area contributed by atoms with Gasteiger partial charge in [0, 0.05) is 18.4 Å². The van der Waals surface area contributed by atoms with Gasteiger partial charge in [-0.3, -0.25) is 4.98 Å². The van der Waals surface area contributed by atoms with Gasteiger partial charge < -0.3 is 9.47 Å². The van der Waals surface area contributed by atoms with Gasteiger partial charge >= 0.3 is 0 Å². The molecule has 2 aromatic rings. The summed E-state index contributed by atoms with van der Waals surface area (Å²) < 4.78 is 39.0. The summed E-state index contributed by atoms with van der Waals surface area (Å²) in [7, 11) is -3.24. The number of sulfonamides is 1. The van der Waals surface area contributed by atoms with Crippen LogP contribution < -0.4 is 9.46 Å². The second-order valence-electron chi connectivity index (χ2n) is 7.22. The molecule has 1 aromatic carbocycles. The van der Waals surface area contributed by atoms with Crippen molar-refractivity contribution in [2.45, 2.75) is 43.1 Å². The molecule has 0 spiro atoms. The normalized spacial score (nSPS) is 22.8. The average molecular weight is 423 g/mol. The van der Waals surface area contributed by atoms with Crippen molar-refractivity contribution in [1.29, 1.82) is 0 Å². The maximum atomic E-state index is 12.3. The van der Waals surface area contributed by atoms with E-state index in [0.29, 0.717) is 24.0 Å². The summed E-state index contributed by atoms with van der Waals surface area (Å²) in [6.45, 7) is 0.924. The van der Waals surface area contributed by atoms with Crippen molar-refractivity contribution in [3.05, 3.63) is 47.6 Å². The highest BCUT2D eigenvalue weighted by atomic mass is 35.5. The summed E-state index contributed by atoms with van der Waals surface area (Å²) in [5, 5.41) is 0.369. The highest BCUT2D eigenvalue weighted by Gasteiger charge is 2.39. The molecule has 2 aliphatic rings. The fraction of sp³-hybridized carbons (Fsp3) is 0.450. The first-order valence-corrected chi connectivity index (χ1v) is 11.4. The predicted molar refractivity (Wildman–Crippen MR) is 108 cm³/mol. The fourth-order valence-electron chi connectivity index (χ4n) is 3.27. The molecule has 2 atom stereocenters. The fourth-order valence-corrected chi connectivity index (χ4v) is 5.02. The molecule has 2 heterocycles. The van der Waals surface area contributed by atoms with Gasteiger partial charge in [-0.15, -0.1) is 0 Å². The lowest BCUT2D eigenvalue weighted by Crippen LogP contribution is -2.50. The van der Waals surface area contributed by atoms with Crippen molar-refractivity contribution >= 4 is 21.6 Å². The number of ether oxygens (including phenoxy) is 2. The Morgan fingerprint density at radius 1 is 1.14 bits per heavy atom. The third-order valence-corrected chi connectivity index (χ3v) is 7.21. The second kappa shape index (κ2) is 8.37. The lowest BCUT2D eigenvalue weighted by molar-refractivity contribution is -0.0279. The van der Waals surface area contributed by atoms with Crippen molar-refractivity contribution in [3.8, 4) is 17.0 Å². The largest absolute Gasteiger partial charge is 0.491 e. The smallest absolute Gasteiger partial charge is 0.214 e. The maximum absolute atomic E-state index is 12.3. The van der Waals surface area contributed by atoms with Crippen LogP contribution in [0.5, 0.6) is 5.75 Å². The standard InChI is InChI=1S/C20H23ClN2O4S/c21-15-5-10-18(22-12-15)14-3-6-16(7-4-14)27-13-20-19(2-1-11-26-20)23-28(24,25)17-8-9-17/h3-7,10,12,17,19-20,23H,1-2,8-9,11,13H2. The van der Waals surface area contributed by atoms with Crippen molar-refractivity contribution in [1.82, 2.24) is 9.71 Å². The maximum Gasteiger partial charge on any atom is 0.214 e. The Labute approximate surface area is 170 Å². The molecule has 1 aliphatic heterocycles. The van der Waals surface area contributed by atoms with Crippen LogP contribution in [0.4, 0.5) is 0 Å². The van der Waals surface area contributed by atoms with E-state index in [9.17, 15) is 8.42 Å². The minimum Gasteiger partial charge on any atom is -0.491 e. The number of nitrogens with zero attached hydrogens (tertiary/aromatic N) is 1. The number of pyridine rings is 1. The van der Waals surface area contributed by atoms with Gasteiger partial charge in [-0.1, -0.05) is 11.6 Å². The van der Waals surface area contributed by atoms with Crippen LogP contribution in [0, 0.1) is 0 Å². The minimum absolute atomic E-state index is 0.231. The van der Waals surface area contributed by atoms with E-state index < -0.39 is 10.0 Å². The average Bonchev–Trinajstić information content (AvgIpc) is 3.54. The molecule has 0 radical (unpaired) electrons. The first-order valence-electron chi connectivity index (χ1n) is 9.49. The SMILES string of the molecule is O=S(=O)(NC1CCCOC1COc1ccc(-c2ccc(Cl)cn2)cc1)C1CC1. The molecule has 6 nitrogen and oxygen atoms in total. The summed E-state index contributed by atoms with van der Waals surface area (Å²) in [6, 6.07) is 11.0. The van der Waals surface area contributed by atoms with E-state index in [1.165, 1.54) is 0 Å². The van der Waals surface area contributed by atoms with E-state index in [4.69, 9.17) is 21.1 Å². The lowest BCUT2D eigenvalue weighted by atomic mass is 10.0. The Morgan fingerprint density at radius 3 is 2.61 bits per heavy atom. The van der Waals surface area contributed by atoms with E-state index in [2.05, 4.69) is 9.71 Å². The second-order valence-corrected chi connectivity index (χ2v) is 9.65. The summed E-state index contributed by atoms with van der Waals surface area (Å²) in [4.78, 5) is 4.30. The molecule has 1 N–H and O–H groups in total. The molecule has 2 fully saturated rings. The monoisotopic (exact) mass is 422 g/mol. The zero-order valence-corrected chi connectivity index (χ0v) is 17.0. The van der Waals surface area contributed by atoms with Crippen molar-refractivity contribution in [2.75, 3.05) is 13.2 Å². The van der Waals surface area contributed by atoms with Gasteiger partial charge in [0.1, 0.15) is 18.5 Å². The van der Waals surface area contributed by atoms with Crippen LogP contribution in [0.2, 0.25) is 5.02 Å². The molecule has 150 valence electrons. The van der Waals surface area contributed by atoms with Gasteiger partial charge in [-0.2, -0.15) is 0 Å². The topological polar surface area (TPSA) is 77.5 Å². The Balaban J connectivity index is 1.36. The Kier molecular flexibility index (Phi) is 5.87. The van der Waals surface area contributed by atoms with Crippen LogP contribution in [-0.2, 0) is 14.8 Å². The zero-order valence-electron chi connectivity index (χ0n) is 15.4. The Bertz CT molecular complexity index is 899. The molecule has 28 heavy (non-hydrogen) atoms. The van der Waals surface area contributed by atoms with E-state index >= 15 is 0 Å². The van der Waals surface area contributed by atoms with Crippen molar-refractivity contribution in [3.63, 3.8) is 0 Å². The predicted octanol–water partition coefficient (Wildman–Crippen LogP) is 3.41.